The number of aliphatic hydroxyl groups is 1. The van der Waals surface area contributed by atoms with Crippen molar-refractivity contribution in [2.45, 2.75) is 39.2 Å². The second kappa shape index (κ2) is 6.35. The summed E-state index contributed by atoms with van der Waals surface area (Å²) in [7, 11) is 0. The molecule has 4 nitrogen and oxygen atoms in total. The van der Waals surface area contributed by atoms with Crippen molar-refractivity contribution >= 4 is 5.69 Å². The van der Waals surface area contributed by atoms with E-state index in [1.165, 1.54) is 6.07 Å². The Morgan fingerprint density at radius 3 is 2.71 bits per heavy atom. The lowest BCUT2D eigenvalue weighted by atomic mass is 9.99. The zero-order valence-electron chi connectivity index (χ0n) is 10.3. The number of aryl methyl sites for hydroxylation is 1. The van der Waals surface area contributed by atoms with Gasteiger partial charge in [-0.3, -0.25) is 10.1 Å². The molecule has 0 saturated heterocycles. The van der Waals surface area contributed by atoms with Gasteiger partial charge < -0.3 is 5.11 Å². The summed E-state index contributed by atoms with van der Waals surface area (Å²) in [4.78, 5) is 10.2. The van der Waals surface area contributed by atoms with Gasteiger partial charge in [0.05, 0.1) is 11.0 Å². The number of rotatable bonds is 6. The van der Waals surface area contributed by atoms with Crippen LogP contribution in [-0.2, 0) is 6.42 Å². The Bertz CT molecular complexity index is 377. The van der Waals surface area contributed by atoms with E-state index < -0.39 is 4.92 Å². The average Bonchev–Trinajstić information content (AvgIpc) is 2.26. The molecule has 0 heterocycles. The molecule has 1 atom stereocenters. The summed E-state index contributed by atoms with van der Waals surface area (Å²) in [6.45, 7) is 4.13. The fourth-order valence-electron chi connectivity index (χ4n) is 1.82. The van der Waals surface area contributed by atoms with Crippen LogP contribution in [0.1, 0.15) is 32.3 Å². The van der Waals surface area contributed by atoms with Crippen LogP contribution in [0.3, 0.4) is 0 Å². The van der Waals surface area contributed by atoms with Crippen LogP contribution < -0.4 is 0 Å². The third kappa shape index (κ3) is 4.95. The summed E-state index contributed by atoms with van der Waals surface area (Å²) >= 11 is 0. The first-order valence-corrected chi connectivity index (χ1v) is 5.90. The van der Waals surface area contributed by atoms with E-state index in [0.29, 0.717) is 18.8 Å². The molecule has 0 bridgehead atoms. The second-order valence-corrected chi connectivity index (χ2v) is 4.75. The van der Waals surface area contributed by atoms with Crippen molar-refractivity contribution < 1.29 is 10.0 Å². The van der Waals surface area contributed by atoms with Gasteiger partial charge in [0.15, 0.2) is 0 Å². The summed E-state index contributed by atoms with van der Waals surface area (Å²) in [5.74, 6) is 0.468. The molecule has 0 aromatic heterocycles. The van der Waals surface area contributed by atoms with E-state index in [2.05, 4.69) is 13.8 Å². The SMILES string of the molecule is CC(C)CC(O)CCc1cccc([N+](=O)[O-])c1. The fraction of sp³-hybridized carbons (Fsp3) is 0.538. The Hall–Kier alpha value is -1.42. The molecule has 1 aromatic rings. The Kier molecular flexibility index (Phi) is 5.10. The smallest absolute Gasteiger partial charge is 0.269 e. The van der Waals surface area contributed by atoms with Gasteiger partial charge in [-0.25, -0.2) is 0 Å². The van der Waals surface area contributed by atoms with Gasteiger partial charge >= 0.3 is 0 Å². The number of nitro groups is 1. The predicted octanol–water partition coefficient (Wildman–Crippen LogP) is 2.93. The Morgan fingerprint density at radius 1 is 1.41 bits per heavy atom. The van der Waals surface area contributed by atoms with E-state index in [0.717, 1.165) is 12.0 Å². The summed E-state index contributed by atoms with van der Waals surface area (Å²) in [6, 6.07) is 6.59. The number of aliphatic hydroxyl groups excluding tert-OH is 1. The highest BCUT2D eigenvalue weighted by molar-refractivity contribution is 5.34. The van der Waals surface area contributed by atoms with Crippen LogP contribution in [0.25, 0.3) is 0 Å². The Balaban J connectivity index is 2.51. The Labute approximate surface area is 101 Å². The monoisotopic (exact) mass is 237 g/mol. The van der Waals surface area contributed by atoms with E-state index >= 15 is 0 Å². The van der Waals surface area contributed by atoms with Crippen LogP contribution in [-0.4, -0.2) is 16.1 Å². The number of nitro benzene ring substituents is 1. The second-order valence-electron chi connectivity index (χ2n) is 4.75. The fourth-order valence-corrected chi connectivity index (χ4v) is 1.82. The minimum absolute atomic E-state index is 0.112. The molecule has 0 aliphatic rings. The first kappa shape index (κ1) is 13.6. The van der Waals surface area contributed by atoms with Gasteiger partial charge in [-0.15, -0.1) is 0 Å². The molecule has 0 amide bonds. The van der Waals surface area contributed by atoms with Crippen molar-refractivity contribution in [1.82, 2.24) is 0 Å². The molecule has 94 valence electrons. The van der Waals surface area contributed by atoms with Gasteiger partial charge in [0, 0.05) is 12.1 Å². The van der Waals surface area contributed by atoms with Gasteiger partial charge in [-0.2, -0.15) is 0 Å². The molecule has 4 heteroatoms. The maximum absolute atomic E-state index is 10.6. The highest BCUT2D eigenvalue weighted by Crippen LogP contribution is 2.16. The highest BCUT2D eigenvalue weighted by Gasteiger charge is 2.09. The van der Waals surface area contributed by atoms with E-state index in [-0.39, 0.29) is 11.8 Å². The van der Waals surface area contributed by atoms with Crippen LogP contribution in [0.2, 0.25) is 0 Å². The van der Waals surface area contributed by atoms with Crippen LogP contribution >= 0.6 is 0 Å². The molecule has 0 saturated carbocycles. The zero-order chi connectivity index (χ0) is 12.8. The van der Waals surface area contributed by atoms with Crippen LogP contribution in [0.15, 0.2) is 24.3 Å². The molecule has 1 unspecified atom stereocenters. The summed E-state index contributed by atoms with van der Waals surface area (Å²) in [5.41, 5.74) is 1.02. The van der Waals surface area contributed by atoms with Gasteiger partial charge in [-0.1, -0.05) is 26.0 Å². The van der Waals surface area contributed by atoms with Crippen LogP contribution in [0.4, 0.5) is 5.69 Å². The number of benzene rings is 1. The third-order valence-electron chi connectivity index (χ3n) is 2.63. The molecule has 0 spiro atoms. The van der Waals surface area contributed by atoms with Crippen molar-refractivity contribution in [3.63, 3.8) is 0 Å². The molecule has 1 aromatic carbocycles. The molecule has 17 heavy (non-hydrogen) atoms. The summed E-state index contributed by atoms with van der Waals surface area (Å²) < 4.78 is 0. The van der Waals surface area contributed by atoms with Crippen molar-refractivity contribution in [2.24, 2.45) is 5.92 Å². The number of hydrogen-bond acceptors (Lipinski definition) is 3. The molecule has 0 radical (unpaired) electrons. The topological polar surface area (TPSA) is 63.4 Å². The van der Waals surface area contributed by atoms with Crippen molar-refractivity contribution in [2.75, 3.05) is 0 Å². The lowest BCUT2D eigenvalue weighted by molar-refractivity contribution is -0.384. The molecule has 0 aliphatic carbocycles. The average molecular weight is 237 g/mol. The molecular formula is C13H19NO3. The van der Waals surface area contributed by atoms with Crippen molar-refractivity contribution in [3.8, 4) is 0 Å². The Morgan fingerprint density at radius 2 is 2.12 bits per heavy atom. The van der Waals surface area contributed by atoms with Crippen LogP contribution in [0, 0.1) is 16.0 Å². The quantitative estimate of drug-likeness (QED) is 0.611. The lowest BCUT2D eigenvalue weighted by Crippen LogP contribution is -2.11. The number of nitrogens with zero attached hydrogens (tertiary/aromatic N) is 1. The molecule has 0 aliphatic heterocycles. The first-order valence-electron chi connectivity index (χ1n) is 5.90. The van der Waals surface area contributed by atoms with Crippen molar-refractivity contribution in [1.29, 1.82) is 0 Å². The summed E-state index contributed by atoms with van der Waals surface area (Å²) in [5, 5.41) is 20.3. The molecule has 1 rings (SSSR count). The van der Waals surface area contributed by atoms with Crippen molar-refractivity contribution in [3.05, 3.63) is 39.9 Å². The van der Waals surface area contributed by atoms with E-state index in [1.54, 1.807) is 12.1 Å². The number of hydrogen-bond donors (Lipinski definition) is 1. The highest BCUT2D eigenvalue weighted by atomic mass is 16.6. The van der Waals surface area contributed by atoms with Gasteiger partial charge in [0.1, 0.15) is 0 Å². The third-order valence-corrected chi connectivity index (χ3v) is 2.63. The molecule has 1 N–H and O–H groups in total. The van der Waals surface area contributed by atoms with E-state index in [1.807, 2.05) is 6.07 Å². The standard InChI is InChI=1S/C13H19NO3/c1-10(2)8-13(15)7-6-11-4-3-5-12(9-11)14(16)17/h3-5,9-10,13,15H,6-8H2,1-2H3. The molecule has 0 fully saturated rings. The van der Waals surface area contributed by atoms with Crippen LogP contribution in [0.5, 0.6) is 0 Å². The minimum atomic E-state index is -0.395. The normalized spacial score (nSPS) is 12.7. The maximum Gasteiger partial charge on any atom is 0.269 e. The summed E-state index contributed by atoms with van der Waals surface area (Å²) in [6.07, 6.45) is 1.78. The number of non-ortho nitro benzene ring substituents is 1. The predicted molar refractivity (Wildman–Crippen MR) is 66.9 cm³/mol. The maximum atomic E-state index is 10.6. The van der Waals surface area contributed by atoms with Gasteiger partial charge in [-0.05, 0) is 30.7 Å². The largest absolute Gasteiger partial charge is 0.393 e. The lowest BCUT2D eigenvalue weighted by Gasteiger charge is -2.12. The minimum Gasteiger partial charge on any atom is -0.393 e. The van der Waals surface area contributed by atoms with E-state index in [9.17, 15) is 15.2 Å². The van der Waals surface area contributed by atoms with Gasteiger partial charge in [0.25, 0.3) is 5.69 Å². The first-order chi connectivity index (χ1) is 7.99. The zero-order valence-corrected chi connectivity index (χ0v) is 10.3. The molecular weight excluding hydrogens is 218 g/mol. The van der Waals surface area contributed by atoms with Gasteiger partial charge in [0.2, 0.25) is 0 Å². The van der Waals surface area contributed by atoms with E-state index in [4.69, 9.17) is 0 Å².